The number of benzene rings is 1. The lowest BCUT2D eigenvalue weighted by molar-refractivity contribution is -0.136. The zero-order valence-electron chi connectivity index (χ0n) is 11.0. The Morgan fingerprint density at radius 1 is 1.24 bits per heavy atom. The van der Waals surface area contributed by atoms with Gasteiger partial charge in [0.05, 0.1) is 13.1 Å². The lowest BCUT2D eigenvalue weighted by Crippen LogP contribution is -2.50. The molecule has 1 aliphatic heterocycles. The number of carboxylic acid groups (broad SMARTS) is 1. The number of hydrogen-bond acceptors (Lipinski definition) is 5. The van der Waals surface area contributed by atoms with Gasteiger partial charge in [0.1, 0.15) is 5.58 Å². The summed E-state index contributed by atoms with van der Waals surface area (Å²) in [5, 5.41) is 11.8. The molecule has 0 bridgehead atoms. The highest BCUT2D eigenvalue weighted by Gasteiger charge is 2.22. The van der Waals surface area contributed by atoms with Crippen LogP contribution in [0.3, 0.4) is 0 Å². The molecule has 0 radical (unpaired) electrons. The molecule has 1 aromatic heterocycles. The van der Waals surface area contributed by atoms with Gasteiger partial charge in [-0.05, 0) is 23.8 Å². The highest BCUT2D eigenvalue weighted by Crippen LogP contribution is 2.21. The summed E-state index contributed by atoms with van der Waals surface area (Å²) in [5.74, 6) is -1.87. The Balaban J connectivity index is 1.82. The van der Waals surface area contributed by atoms with Crippen LogP contribution in [0.15, 0.2) is 28.7 Å². The molecule has 108 valence electrons. The SMILES string of the molecule is O=C1CN(Cc2ccc3oc(C(=O)O)cc3c2)CC(=O)N1. The second-order valence-electron chi connectivity index (χ2n) is 4.90. The standard InChI is InChI=1S/C14H12N2O5/c17-12-6-16(7-13(18)15-12)5-8-1-2-10-9(3-8)4-11(21-10)14(19)20/h1-4H,5-7H2,(H,19,20)(H,15,17,18). The van der Waals surface area contributed by atoms with E-state index in [4.69, 9.17) is 9.52 Å². The van der Waals surface area contributed by atoms with Gasteiger partial charge in [0.15, 0.2) is 0 Å². The smallest absolute Gasteiger partial charge is 0.371 e. The van der Waals surface area contributed by atoms with Gasteiger partial charge in [-0.2, -0.15) is 0 Å². The highest BCUT2D eigenvalue weighted by atomic mass is 16.4. The van der Waals surface area contributed by atoms with Crippen LogP contribution in [0.1, 0.15) is 16.1 Å². The number of piperazine rings is 1. The Hall–Kier alpha value is -2.67. The van der Waals surface area contributed by atoms with E-state index in [-0.39, 0.29) is 30.7 Å². The second kappa shape index (κ2) is 5.02. The molecule has 2 N–H and O–H groups in total. The number of nitrogens with zero attached hydrogens (tertiary/aromatic N) is 1. The molecule has 1 fully saturated rings. The van der Waals surface area contributed by atoms with Gasteiger partial charge < -0.3 is 9.52 Å². The minimum Gasteiger partial charge on any atom is -0.475 e. The quantitative estimate of drug-likeness (QED) is 0.802. The monoisotopic (exact) mass is 288 g/mol. The summed E-state index contributed by atoms with van der Waals surface area (Å²) < 4.78 is 5.18. The Labute approximate surface area is 119 Å². The van der Waals surface area contributed by atoms with Gasteiger partial charge >= 0.3 is 5.97 Å². The molecular weight excluding hydrogens is 276 g/mol. The number of aromatic carboxylic acids is 1. The molecule has 0 aliphatic carbocycles. The first-order chi connectivity index (χ1) is 10.0. The number of imide groups is 1. The van der Waals surface area contributed by atoms with Crippen molar-refractivity contribution in [3.05, 3.63) is 35.6 Å². The summed E-state index contributed by atoms with van der Waals surface area (Å²) in [6.45, 7) is 0.758. The summed E-state index contributed by atoms with van der Waals surface area (Å²) in [4.78, 5) is 35.2. The predicted octanol–water partition coefficient (Wildman–Crippen LogP) is 0.589. The van der Waals surface area contributed by atoms with Crippen molar-refractivity contribution in [3.63, 3.8) is 0 Å². The third-order valence-electron chi connectivity index (χ3n) is 3.21. The van der Waals surface area contributed by atoms with Crippen LogP contribution in [0.25, 0.3) is 11.0 Å². The molecule has 2 heterocycles. The van der Waals surface area contributed by atoms with E-state index in [0.29, 0.717) is 17.5 Å². The van der Waals surface area contributed by atoms with Crippen LogP contribution in [0, 0.1) is 0 Å². The van der Waals surface area contributed by atoms with Crippen molar-refractivity contribution < 1.29 is 23.9 Å². The van der Waals surface area contributed by atoms with Crippen LogP contribution < -0.4 is 5.32 Å². The molecule has 1 aliphatic rings. The third-order valence-corrected chi connectivity index (χ3v) is 3.21. The first-order valence-corrected chi connectivity index (χ1v) is 6.32. The van der Waals surface area contributed by atoms with Crippen molar-refractivity contribution in [2.24, 2.45) is 0 Å². The van der Waals surface area contributed by atoms with Crippen molar-refractivity contribution in [1.82, 2.24) is 10.2 Å². The fraction of sp³-hybridized carbons (Fsp3) is 0.214. The molecular formula is C14H12N2O5. The molecule has 21 heavy (non-hydrogen) atoms. The summed E-state index contributed by atoms with van der Waals surface area (Å²) in [7, 11) is 0. The van der Waals surface area contributed by atoms with Crippen molar-refractivity contribution >= 4 is 28.8 Å². The molecule has 0 saturated carbocycles. The lowest BCUT2D eigenvalue weighted by Gasteiger charge is -2.25. The Bertz CT molecular complexity index is 733. The third kappa shape index (κ3) is 2.77. The number of nitrogens with one attached hydrogen (secondary N) is 1. The Morgan fingerprint density at radius 2 is 1.95 bits per heavy atom. The number of rotatable bonds is 3. The van der Waals surface area contributed by atoms with Gasteiger partial charge in [-0.25, -0.2) is 4.79 Å². The topological polar surface area (TPSA) is 99.8 Å². The number of carbonyl (C=O) groups is 3. The fourth-order valence-electron chi connectivity index (χ4n) is 2.36. The van der Waals surface area contributed by atoms with Crippen LogP contribution in [0.2, 0.25) is 0 Å². The number of amides is 2. The van der Waals surface area contributed by atoms with E-state index in [1.165, 1.54) is 6.07 Å². The zero-order chi connectivity index (χ0) is 15.0. The number of carbonyl (C=O) groups excluding carboxylic acids is 2. The predicted molar refractivity (Wildman–Crippen MR) is 71.6 cm³/mol. The highest BCUT2D eigenvalue weighted by molar-refractivity contribution is 5.99. The Kier molecular flexibility index (Phi) is 3.19. The maximum atomic E-state index is 11.3. The van der Waals surface area contributed by atoms with Crippen LogP contribution in [0.4, 0.5) is 0 Å². The average Bonchev–Trinajstić information content (AvgIpc) is 2.80. The number of fused-ring (bicyclic) bond motifs is 1. The molecule has 3 rings (SSSR count). The van der Waals surface area contributed by atoms with Gasteiger partial charge in [0.2, 0.25) is 17.6 Å². The summed E-state index contributed by atoms with van der Waals surface area (Å²) in [6.07, 6.45) is 0. The largest absolute Gasteiger partial charge is 0.475 e. The minimum atomic E-state index is -1.12. The van der Waals surface area contributed by atoms with E-state index in [9.17, 15) is 14.4 Å². The molecule has 7 nitrogen and oxygen atoms in total. The van der Waals surface area contributed by atoms with E-state index >= 15 is 0 Å². The molecule has 7 heteroatoms. The molecule has 0 spiro atoms. The Morgan fingerprint density at radius 3 is 2.62 bits per heavy atom. The van der Waals surface area contributed by atoms with Gasteiger partial charge in [0, 0.05) is 11.9 Å². The molecule has 2 amide bonds. The van der Waals surface area contributed by atoms with E-state index in [2.05, 4.69) is 5.32 Å². The number of carboxylic acids is 1. The average molecular weight is 288 g/mol. The van der Waals surface area contributed by atoms with Crippen molar-refractivity contribution in [1.29, 1.82) is 0 Å². The zero-order valence-corrected chi connectivity index (χ0v) is 11.0. The molecule has 2 aromatic rings. The number of furan rings is 1. The molecule has 0 atom stereocenters. The van der Waals surface area contributed by atoms with Gasteiger partial charge in [-0.3, -0.25) is 19.8 Å². The maximum absolute atomic E-state index is 11.3. The second-order valence-corrected chi connectivity index (χ2v) is 4.90. The fourth-order valence-corrected chi connectivity index (χ4v) is 2.36. The van der Waals surface area contributed by atoms with Gasteiger partial charge in [0.25, 0.3) is 0 Å². The lowest BCUT2D eigenvalue weighted by atomic mass is 10.1. The van der Waals surface area contributed by atoms with E-state index < -0.39 is 5.97 Å². The normalized spacial score (nSPS) is 16.2. The van der Waals surface area contributed by atoms with E-state index in [1.54, 1.807) is 23.1 Å². The van der Waals surface area contributed by atoms with Crippen LogP contribution in [-0.2, 0) is 16.1 Å². The van der Waals surface area contributed by atoms with Crippen LogP contribution in [-0.4, -0.2) is 40.9 Å². The summed E-state index contributed by atoms with van der Waals surface area (Å²) >= 11 is 0. The van der Waals surface area contributed by atoms with Crippen LogP contribution in [0.5, 0.6) is 0 Å². The maximum Gasteiger partial charge on any atom is 0.371 e. The van der Waals surface area contributed by atoms with E-state index in [0.717, 1.165) is 5.56 Å². The first-order valence-electron chi connectivity index (χ1n) is 6.32. The minimum absolute atomic E-state index is 0.116. The summed E-state index contributed by atoms with van der Waals surface area (Å²) in [6, 6.07) is 6.72. The summed E-state index contributed by atoms with van der Waals surface area (Å²) in [5.41, 5.74) is 1.37. The van der Waals surface area contributed by atoms with Gasteiger partial charge in [-0.15, -0.1) is 0 Å². The number of hydrogen-bond donors (Lipinski definition) is 2. The van der Waals surface area contributed by atoms with Crippen LogP contribution >= 0.6 is 0 Å². The first kappa shape index (κ1) is 13.3. The van der Waals surface area contributed by atoms with E-state index in [1.807, 2.05) is 0 Å². The molecule has 1 saturated heterocycles. The van der Waals surface area contributed by atoms with Crippen molar-refractivity contribution in [2.75, 3.05) is 13.1 Å². The van der Waals surface area contributed by atoms with Gasteiger partial charge in [-0.1, -0.05) is 6.07 Å². The van der Waals surface area contributed by atoms with Crippen molar-refractivity contribution in [2.45, 2.75) is 6.54 Å². The van der Waals surface area contributed by atoms with Crippen molar-refractivity contribution in [3.8, 4) is 0 Å². The molecule has 0 unspecified atom stereocenters. The molecule has 1 aromatic carbocycles.